The van der Waals surface area contributed by atoms with Crippen LogP contribution in [0.4, 0.5) is 13.2 Å². The Morgan fingerprint density at radius 3 is 2.62 bits per heavy atom. The largest absolute Gasteiger partial charge is 0.504 e. The molecule has 2 aliphatic carbocycles. The first kappa shape index (κ1) is 28.1. The van der Waals surface area contributed by atoms with Gasteiger partial charge < -0.3 is 19.8 Å². The predicted octanol–water partition coefficient (Wildman–Crippen LogP) is 4.27. The van der Waals surface area contributed by atoms with Gasteiger partial charge in [-0.2, -0.15) is 13.2 Å². The predicted molar refractivity (Wildman–Crippen MR) is 144 cm³/mol. The van der Waals surface area contributed by atoms with Crippen LogP contribution in [0.15, 0.2) is 49.1 Å². The van der Waals surface area contributed by atoms with Crippen LogP contribution in [-0.4, -0.2) is 70.9 Å². The number of benzene rings is 2. The summed E-state index contributed by atoms with van der Waals surface area (Å²) in [7, 11) is 3.18. The van der Waals surface area contributed by atoms with Gasteiger partial charge in [0.25, 0.3) is 5.91 Å². The van der Waals surface area contributed by atoms with E-state index in [1.54, 1.807) is 18.0 Å². The van der Waals surface area contributed by atoms with E-state index >= 15 is 0 Å². The maximum atomic E-state index is 13.1. The summed E-state index contributed by atoms with van der Waals surface area (Å²) in [5, 5.41) is 23.2. The van der Waals surface area contributed by atoms with E-state index < -0.39 is 28.7 Å². The number of ether oxygens (including phenoxy) is 1. The molecule has 5 rings (SSSR count). The molecular formula is C31H33F3N2O4. The average Bonchev–Trinajstić information content (AvgIpc) is 2.92. The summed E-state index contributed by atoms with van der Waals surface area (Å²) in [6.45, 7) is 5.26. The molecule has 9 heteroatoms. The summed E-state index contributed by atoms with van der Waals surface area (Å²) >= 11 is 0. The van der Waals surface area contributed by atoms with Crippen LogP contribution in [0.3, 0.4) is 0 Å². The third-order valence-corrected chi connectivity index (χ3v) is 9.17. The molecule has 0 spiro atoms. The molecule has 1 amide bonds. The van der Waals surface area contributed by atoms with Gasteiger partial charge in [0, 0.05) is 48.1 Å². The van der Waals surface area contributed by atoms with Crippen LogP contribution in [-0.2, 0) is 22.8 Å². The highest BCUT2D eigenvalue weighted by molar-refractivity contribution is 5.94. The molecule has 2 aromatic rings. The number of phenols is 1. The summed E-state index contributed by atoms with van der Waals surface area (Å²) in [6.07, 6.45) is 0.0695. The summed E-state index contributed by atoms with van der Waals surface area (Å²) in [5.41, 5.74) is -0.504. The van der Waals surface area contributed by atoms with Crippen molar-refractivity contribution < 1.29 is 32.9 Å². The number of phenolic OH excluding ortho intramolecular Hbond substituents is 1. The molecule has 3 aliphatic rings. The Morgan fingerprint density at radius 1 is 1.25 bits per heavy atom. The number of rotatable bonds is 4. The van der Waals surface area contributed by atoms with Crippen LogP contribution in [0.25, 0.3) is 0 Å². The van der Waals surface area contributed by atoms with Crippen LogP contribution in [0.2, 0.25) is 0 Å². The molecule has 0 radical (unpaired) electrons. The number of alkyl halides is 3. The van der Waals surface area contributed by atoms with Gasteiger partial charge in [0.15, 0.2) is 11.5 Å². The first-order valence-corrected chi connectivity index (χ1v) is 13.4. The number of likely N-dealkylation sites (tertiary alicyclic amines) is 1. The van der Waals surface area contributed by atoms with Crippen molar-refractivity contribution in [2.24, 2.45) is 0 Å². The van der Waals surface area contributed by atoms with Gasteiger partial charge in [0.2, 0.25) is 0 Å². The molecule has 0 unspecified atom stereocenters. The minimum atomic E-state index is -4.44. The molecule has 212 valence electrons. The number of nitrogens with zero attached hydrogens (tertiary/aromatic N) is 2. The highest BCUT2D eigenvalue weighted by Crippen LogP contribution is 2.61. The Morgan fingerprint density at radius 2 is 1.98 bits per heavy atom. The number of hydrogen-bond acceptors (Lipinski definition) is 5. The lowest BCUT2D eigenvalue weighted by Crippen LogP contribution is -2.74. The number of aliphatic hydroxyl groups is 1. The van der Waals surface area contributed by atoms with Crippen LogP contribution in [0.1, 0.15) is 47.9 Å². The number of hydrogen-bond donors (Lipinski definition) is 2. The number of piperidine rings is 1. The number of carbonyl (C=O) groups excluding carboxylic acids is 1. The third kappa shape index (κ3) is 4.43. The Hall–Kier alpha value is -3.48. The molecule has 2 N–H and O–H groups in total. The highest BCUT2D eigenvalue weighted by atomic mass is 19.4. The van der Waals surface area contributed by atoms with Crippen molar-refractivity contribution in [2.75, 3.05) is 27.2 Å². The van der Waals surface area contributed by atoms with Crippen LogP contribution >= 0.6 is 0 Å². The SMILES string of the molecule is C=CCN1CC[C@]23C[C@H](N(C)C(=O)C#Cc4ccc(C(F)(F)F)cc4)CC[C@@]2(O)[C@H]1Cc1ccc(O)c(OC)c13. The van der Waals surface area contributed by atoms with E-state index in [-0.39, 0.29) is 17.8 Å². The smallest absolute Gasteiger partial charge is 0.416 e. The minimum absolute atomic E-state index is 0.0129. The van der Waals surface area contributed by atoms with E-state index in [2.05, 4.69) is 23.3 Å². The lowest BCUT2D eigenvalue weighted by molar-refractivity contribution is -0.175. The molecule has 1 saturated heterocycles. The van der Waals surface area contributed by atoms with E-state index in [9.17, 15) is 28.2 Å². The van der Waals surface area contributed by atoms with Gasteiger partial charge in [-0.25, -0.2) is 0 Å². The maximum Gasteiger partial charge on any atom is 0.416 e. The number of aromatic hydroxyl groups is 1. The molecule has 1 saturated carbocycles. The summed E-state index contributed by atoms with van der Waals surface area (Å²) < 4.78 is 44.3. The molecule has 6 nitrogen and oxygen atoms in total. The summed E-state index contributed by atoms with van der Waals surface area (Å²) in [6, 6.07) is 7.50. The molecule has 2 fully saturated rings. The van der Waals surface area contributed by atoms with Crippen molar-refractivity contribution in [1.82, 2.24) is 9.80 Å². The lowest BCUT2D eigenvalue weighted by Gasteiger charge is -2.65. The zero-order valence-electron chi connectivity index (χ0n) is 22.6. The fourth-order valence-corrected chi connectivity index (χ4v) is 7.20. The Balaban J connectivity index is 1.46. The number of carbonyl (C=O) groups is 1. The van der Waals surface area contributed by atoms with Gasteiger partial charge in [0.05, 0.1) is 18.3 Å². The number of halogens is 3. The molecule has 40 heavy (non-hydrogen) atoms. The lowest BCUT2D eigenvalue weighted by atomic mass is 9.48. The van der Waals surface area contributed by atoms with Gasteiger partial charge in [-0.3, -0.25) is 9.69 Å². The van der Waals surface area contributed by atoms with Crippen molar-refractivity contribution in [3.05, 3.63) is 71.3 Å². The summed E-state index contributed by atoms with van der Waals surface area (Å²) in [5.74, 6) is 5.18. The van der Waals surface area contributed by atoms with Crippen molar-refractivity contribution in [3.63, 3.8) is 0 Å². The fourth-order valence-electron chi connectivity index (χ4n) is 7.20. The van der Waals surface area contributed by atoms with Crippen LogP contribution < -0.4 is 4.74 Å². The van der Waals surface area contributed by atoms with Gasteiger partial charge >= 0.3 is 6.18 Å². The standard InChI is InChI=1S/C31H33F3N2O4/c1-4-16-36-17-15-29-19-23(35(2)26(38)12-7-20-5-9-22(10-6-20)31(32,33)34)13-14-30(29,39)25(36)18-21-8-11-24(37)28(40-3)27(21)29/h4-6,8-11,23,25,37,39H,1,13-19H2,2-3H3/t23-,25-,29-,30-/m1/s1. The monoisotopic (exact) mass is 554 g/mol. The molecule has 0 aromatic heterocycles. The second-order valence-electron chi connectivity index (χ2n) is 11.0. The van der Waals surface area contributed by atoms with Crippen molar-refractivity contribution in [3.8, 4) is 23.3 Å². The quantitative estimate of drug-likeness (QED) is 0.437. The van der Waals surface area contributed by atoms with Gasteiger partial charge in [-0.05, 0) is 74.5 Å². The zero-order chi connectivity index (χ0) is 28.9. The second kappa shape index (κ2) is 10.2. The van der Waals surface area contributed by atoms with Crippen molar-refractivity contribution in [1.29, 1.82) is 0 Å². The van der Waals surface area contributed by atoms with E-state index in [4.69, 9.17) is 4.74 Å². The molecule has 2 bridgehead atoms. The van der Waals surface area contributed by atoms with E-state index in [0.29, 0.717) is 50.0 Å². The second-order valence-corrected chi connectivity index (χ2v) is 11.0. The van der Waals surface area contributed by atoms with Crippen LogP contribution in [0, 0.1) is 11.8 Å². The first-order chi connectivity index (χ1) is 18.9. The third-order valence-electron chi connectivity index (χ3n) is 9.17. The number of methoxy groups -OCH3 is 1. The molecule has 4 atom stereocenters. The minimum Gasteiger partial charge on any atom is -0.504 e. The number of amides is 1. The van der Waals surface area contributed by atoms with Gasteiger partial charge in [-0.1, -0.05) is 18.1 Å². The molecule has 2 aromatic carbocycles. The highest BCUT2D eigenvalue weighted by Gasteiger charge is 2.66. The Kier molecular flexibility index (Phi) is 7.13. The molecule has 1 aliphatic heterocycles. The maximum absolute atomic E-state index is 13.1. The number of fused-ring (bicyclic) bond motifs is 1. The molecule has 1 heterocycles. The fraction of sp³-hybridized carbons (Fsp3) is 0.452. The van der Waals surface area contributed by atoms with E-state index in [1.807, 2.05) is 12.1 Å². The Labute approximate surface area is 232 Å². The van der Waals surface area contributed by atoms with E-state index in [1.165, 1.54) is 19.2 Å². The van der Waals surface area contributed by atoms with Gasteiger partial charge in [-0.15, -0.1) is 6.58 Å². The first-order valence-electron chi connectivity index (χ1n) is 13.4. The van der Waals surface area contributed by atoms with Crippen molar-refractivity contribution >= 4 is 5.91 Å². The normalized spacial score (nSPS) is 27.4. The Bertz CT molecular complexity index is 1380. The summed E-state index contributed by atoms with van der Waals surface area (Å²) in [4.78, 5) is 17.0. The van der Waals surface area contributed by atoms with Crippen LogP contribution in [0.5, 0.6) is 11.5 Å². The van der Waals surface area contributed by atoms with E-state index in [0.717, 1.165) is 29.8 Å². The van der Waals surface area contributed by atoms with Gasteiger partial charge in [0.1, 0.15) is 0 Å². The average molecular weight is 555 g/mol. The van der Waals surface area contributed by atoms with Crippen molar-refractivity contribution in [2.45, 2.75) is 61.4 Å². The topological polar surface area (TPSA) is 73.2 Å². The zero-order valence-corrected chi connectivity index (χ0v) is 22.6. The molecular weight excluding hydrogens is 521 g/mol.